The molecule has 6 nitrogen and oxygen atoms in total. The van der Waals surface area contributed by atoms with Gasteiger partial charge in [0.15, 0.2) is 16.8 Å². The molecule has 2 heterocycles. The number of anilines is 1. The lowest BCUT2D eigenvalue weighted by molar-refractivity contribution is -0.118. The van der Waals surface area contributed by atoms with Gasteiger partial charge in [0.1, 0.15) is 5.01 Å². The number of benzene rings is 1. The minimum Gasteiger partial charge on any atom is -0.298 e. The first-order chi connectivity index (χ1) is 12.6. The quantitative estimate of drug-likeness (QED) is 0.703. The van der Waals surface area contributed by atoms with E-state index in [0.29, 0.717) is 21.4 Å². The maximum absolute atomic E-state index is 12.4. The predicted molar refractivity (Wildman–Crippen MR) is 100 cm³/mol. The van der Waals surface area contributed by atoms with Crippen molar-refractivity contribution >= 4 is 39.5 Å². The fourth-order valence-electron chi connectivity index (χ4n) is 2.25. The van der Waals surface area contributed by atoms with E-state index in [0.717, 1.165) is 5.69 Å². The van der Waals surface area contributed by atoms with Crippen LogP contribution in [0.1, 0.15) is 32.7 Å². The van der Waals surface area contributed by atoms with Gasteiger partial charge in [0, 0.05) is 22.0 Å². The summed E-state index contributed by atoms with van der Waals surface area (Å²) < 4.78 is 0. The highest BCUT2D eigenvalue weighted by molar-refractivity contribution is 7.14. The Kier molecular flexibility index (Phi) is 5.51. The first-order valence-corrected chi connectivity index (χ1v) is 9.48. The molecule has 8 heteroatoms. The molecule has 1 atom stereocenters. The number of thiazole rings is 2. The Hall–Kier alpha value is -2.89. The normalized spacial score (nSPS) is 11.5. The number of rotatable bonds is 6. The van der Waals surface area contributed by atoms with Crippen LogP contribution in [0, 0.1) is 18.3 Å². The zero-order valence-corrected chi connectivity index (χ0v) is 15.4. The molecule has 0 saturated heterocycles. The largest absolute Gasteiger partial charge is 0.298 e. The molecule has 26 heavy (non-hydrogen) atoms. The fraction of sp³-hybridized carbons (Fsp3) is 0.167. The number of aromatic nitrogens is 2. The number of aryl methyl sites for hydroxylation is 1. The molecule has 1 aromatic carbocycles. The average molecular weight is 382 g/mol. The molecule has 1 unspecified atom stereocenters. The SMILES string of the molecule is Cc1csc(C(C#N)C(=O)Cc2csc(NC(=O)c3ccccc3)n2)n1. The Morgan fingerprint density at radius 2 is 1.96 bits per heavy atom. The third-order valence-electron chi connectivity index (χ3n) is 3.50. The van der Waals surface area contributed by atoms with Crippen molar-refractivity contribution in [1.82, 2.24) is 9.97 Å². The van der Waals surface area contributed by atoms with Crippen LogP contribution in [0.15, 0.2) is 41.1 Å². The highest BCUT2D eigenvalue weighted by Crippen LogP contribution is 2.23. The average Bonchev–Trinajstić information content (AvgIpc) is 3.25. The Morgan fingerprint density at radius 3 is 2.62 bits per heavy atom. The topological polar surface area (TPSA) is 95.7 Å². The van der Waals surface area contributed by atoms with Crippen molar-refractivity contribution in [2.45, 2.75) is 19.3 Å². The van der Waals surface area contributed by atoms with Crippen LogP contribution < -0.4 is 5.32 Å². The van der Waals surface area contributed by atoms with Crippen LogP contribution in [0.5, 0.6) is 0 Å². The van der Waals surface area contributed by atoms with Gasteiger partial charge in [0.2, 0.25) is 0 Å². The van der Waals surface area contributed by atoms with Crippen molar-refractivity contribution in [2.75, 3.05) is 5.32 Å². The first kappa shape index (κ1) is 17.9. The smallest absolute Gasteiger partial charge is 0.257 e. The highest BCUT2D eigenvalue weighted by Gasteiger charge is 2.24. The molecule has 1 amide bonds. The summed E-state index contributed by atoms with van der Waals surface area (Å²) in [6.45, 7) is 1.82. The van der Waals surface area contributed by atoms with E-state index in [1.54, 1.807) is 29.6 Å². The Balaban J connectivity index is 1.65. The van der Waals surface area contributed by atoms with Crippen LogP contribution in [0.4, 0.5) is 5.13 Å². The van der Waals surface area contributed by atoms with E-state index >= 15 is 0 Å². The number of nitrogens with one attached hydrogen (secondary N) is 1. The van der Waals surface area contributed by atoms with Crippen LogP contribution >= 0.6 is 22.7 Å². The zero-order chi connectivity index (χ0) is 18.5. The van der Waals surface area contributed by atoms with Crippen molar-refractivity contribution < 1.29 is 9.59 Å². The summed E-state index contributed by atoms with van der Waals surface area (Å²) in [5.41, 5.74) is 1.85. The van der Waals surface area contributed by atoms with E-state index < -0.39 is 5.92 Å². The Bertz CT molecular complexity index is 972. The summed E-state index contributed by atoms with van der Waals surface area (Å²) in [6.07, 6.45) is 0.0224. The summed E-state index contributed by atoms with van der Waals surface area (Å²) in [4.78, 5) is 33.0. The minimum atomic E-state index is -0.891. The van der Waals surface area contributed by atoms with Gasteiger partial charge in [-0.15, -0.1) is 22.7 Å². The van der Waals surface area contributed by atoms with Gasteiger partial charge in [-0.25, -0.2) is 9.97 Å². The molecule has 0 aliphatic heterocycles. The molecule has 0 spiro atoms. The van der Waals surface area contributed by atoms with Gasteiger partial charge in [0.25, 0.3) is 5.91 Å². The molecule has 0 fully saturated rings. The number of carbonyl (C=O) groups is 2. The summed E-state index contributed by atoms with van der Waals surface area (Å²) in [6, 6.07) is 10.8. The van der Waals surface area contributed by atoms with Crippen LogP contribution in [0.3, 0.4) is 0 Å². The molecular formula is C18H14N4O2S2. The predicted octanol–water partition coefficient (Wildman–Crippen LogP) is 3.58. The molecule has 3 rings (SSSR count). The molecule has 0 aliphatic rings. The number of Topliss-reactive ketones (excluding diaryl/α,β-unsaturated/α-hetero) is 1. The van der Waals surface area contributed by atoms with E-state index in [4.69, 9.17) is 0 Å². The molecule has 1 N–H and O–H groups in total. The van der Waals surface area contributed by atoms with Crippen LogP contribution in [-0.2, 0) is 11.2 Å². The van der Waals surface area contributed by atoms with Gasteiger partial charge in [-0.2, -0.15) is 5.26 Å². The monoisotopic (exact) mass is 382 g/mol. The van der Waals surface area contributed by atoms with Crippen molar-refractivity contribution in [1.29, 1.82) is 5.26 Å². The molecular weight excluding hydrogens is 368 g/mol. The van der Waals surface area contributed by atoms with Gasteiger partial charge >= 0.3 is 0 Å². The number of amides is 1. The van der Waals surface area contributed by atoms with Gasteiger partial charge in [-0.3, -0.25) is 14.9 Å². The lowest BCUT2D eigenvalue weighted by Crippen LogP contribution is -2.14. The number of hydrogen-bond acceptors (Lipinski definition) is 7. The van der Waals surface area contributed by atoms with Crippen molar-refractivity contribution in [3.05, 3.63) is 63.1 Å². The number of nitriles is 1. The second-order valence-corrected chi connectivity index (χ2v) is 7.24. The number of nitrogens with zero attached hydrogens (tertiary/aromatic N) is 3. The number of carbonyl (C=O) groups excluding carboxylic acids is 2. The van der Waals surface area contributed by atoms with Gasteiger partial charge in [0.05, 0.1) is 18.2 Å². The standard InChI is InChI=1S/C18H14N4O2S2/c1-11-9-25-17(20-11)14(8-19)15(23)7-13-10-26-18(21-13)22-16(24)12-5-3-2-4-6-12/h2-6,9-10,14H,7H2,1H3,(H,21,22,24). The van der Waals surface area contributed by atoms with E-state index in [2.05, 4.69) is 15.3 Å². The Labute approximate surface area is 158 Å². The third kappa shape index (κ3) is 4.20. The second-order valence-electron chi connectivity index (χ2n) is 5.50. The summed E-state index contributed by atoms with van der Waals surface area (Å²) >= 11 is 2.55. The van der Waals surface area contributed by atoms with E-state index in [1.165, 1.54) is 22.7 Å². The summed E-state index contributed by atoms with van der Waals surface area (Å²) in [5.74, 6) is -1.41. The van der Waals surface area contributed by atoms with Crippen LogP contribution in [0.25, 0.3) is 0 Å². The number of hydrogen-bond donors (Lipinski definition) is 1. The number of ketones is 1. The zero-order valence-electron chi connectivity index (χ0n) is 13.8. The molecule has 2 aromatic heterocycles. The Morgan fingerprint density at radius 1 is 1.19 bits per heavy atom. The van der Waals surface area contributed by atoms with E-state index in [-0.39, 0.29) is 18.1 Å². The van der Waals surface area contributed by atoms with Crippen LogP contribution in [0.2, 0.25) is 0 Å². The fourth-order valence-corrected chi connectivity index (χ4v) is 3.82. The summed E-state index contributed by atoms with van der Waals surface area (Å²) in [5, 5.41) is 16.5. The van der Waals surface area contributed by atoms with Crippen molar-refractivity contribution in [2.24, 2.45) is 0 Å². The van der Waals surface area contributed by atoms with Gasteiger partial charge < -0.3 is 0 Å². The molecule has 0 radical (unpaired) electrons. The van der Waals surface area contributed by atoms with Crippen molar-refractivity contribution in [3.63, 3.8) is 0 Å². The van der Waals surface area contributed by atoms with Crippen molar-refractivity contribution in [3.8, 4) is 6.07 Å². The first-order valence-electron chi connectivity index (χ1n) is 7.72. The maximum Gasteiger partial charge on any atom is 0.257 e. The third-order valence-corrected chi connectivity index (χ3v) is 5.33. The molecule has 130 valence electrons. The lowest BCUT2D eigenvalue weighted by atomic mass is 10.0. The lowest BCUT2D eigenvalue weighted by Gasteiger charge is -2.03. The maximum atomic E-state index is 12.4. The minimum absolute atomic E-state index is 0.0224. The van der Waals surface area contributed by atoms with E-state index in [1.807, 2.05) is 24.4 Å². The molecule has 0 aliphatic carbocycles. The van der Waals surface area contributed by atoms with Crippen LogP contribution in [-0.4, -0.2) is 21.7 Å². The van der Waals surface area contributed by atoms with Gasteiger partial charge in [-0.05, 0) is 19.1 Å². The second kappa shape index (κ2) is 7.99. The van der Waals surface area contributed by atoms with E-state index in [9.17, 15) is 14.9 Å². The highest BCUT2D eigenvalue weighted by atomic mass is 32.1. The molecule has 0 saturated carbocycles. The summed E-state index contributed by atoms with van der Waals surface area (Å²) in [7, 11) is 0. The molecule has 3 aromatic rings. The molecule has 0 bridgehead atoms. The van der Waals surface area contributed by atoms with Gasteiger partial charge in [-0.1, -0.05) is 18.2 Å².